The van der Waals surface area contributed by atoms with Crippen molar-refractivity contribution in [3.8, 4) is 0 Å². The van der Waals surface area contributed by atoms with Gasteiger partial charge in [-0.25, -0.2) is 0 Å². The van der Waals surface area contributed by atoms with Crippen LogP contribution >= 0.6 is 12.4 Å². The zero-order chi connectivity index (χ0) is 13.7. The van der Waals surface area contributed by atoms with Gasteiger partial charge >= 0.3 is 0 Å². The van der Waals surface area contributed by atoms with E-state index in [9.17, 15) is 4.79 Å². The number of hydrogen-bond acceptors (Lipinski definition) is 3. The molecule has 1 aliphatic rings. The molecule has 1 fully saturated rings. The summed E-state index contributed by atoms with van der Waals surface area (Å²) in [6.45, 7) is 6.40. The van der Waals surface area contributed by atoms with Gasteiger partial charge in [0, 0.05) is 25.5 Å². The van der Waals surface area contributed by atoms with Crippen molar-refractivity contribution in [3.05, 3.63) is 30.1 Å². The van der Waals surface area contributed by atoms with E-state index in [2.05, 4.69) is 10.3 Å². The van der Waals surface area contributed by atoms with Gasteiger partial charge in [-0.05, 0) is 57.4 Å². The molecule has 1 aromatic heterocycles. The minimum atomic E-state index is -0.388. The number of piperidine rings is 1. The van der Waals surface area contributed by atoms with Gasteiger partial charge in [0.2, 0.25) is 5.91 Å². The van der Waals surface area contributed by atoms with Crippen molar-refractivity contribution in [2.75, 3.05) is 13.1 Å². The molecule has 1 saturated heterocycles. The van der Waals surface area contributed by atoms with Crippen molar-refractivity contribution in [3.63, 3.8) is 0 Å². The van der Waals surface area contributed by atoms with E-state index in [-0.39, 0.29) is 23.9 Å². The average molecular weight is 298 g/mol. The predicted molar refractivity (Wildman–Crippen MR) is 82.8 cm³/mol. The molecule has 1 aliphatic heterocycles. The molecule has 2 rings (SSSR count). The second-order valence-electron chi connectivity index (χ2n) is 5.39. The summed E-state index contributed by atoms with van der Waals surface area (Å²) in [6, 6.07) is 3.93. The van der Waals surface area contributed by atoms with Gasteiger partial charge in [0.25, 0.3) is 0 Å². The summed E-state index contributed by atoms with van der Waals surface area (Å²) >= 11 is 0. The van der Waals surface area contributed by atoms with Crippen molar-refractivity contribution in [2.24, 2.45) is 0 Å². The number of rotatable bonds is 4. The number of likely N-dealkylation sites (N-methyl/N-ethyl adjacent to an activating group) is 1. The van der Waals surface area contributed by atoms with Crippen LogP contribution in [0.1, 0.15) is 38.7 Å². The van der Waals surface area contributed by atoms with Crippen LogP contribution in [-0.2, 0) is 11.3 Å². The summed E-state index contributed by atoms with van der Waals surface area (Å²) in [7, 11) is 0. The van der Waals surface area contributed by atoms with Gasteiger partial charge in [-0.2, -0.15) is 0 Å². The van der Waals surface area contributed by atoms with Gasteiger partial charge in [-0.15, -0.1) is 12.4 Å². The maximum Gasteiger partial charge on any atom is 0.242 e. The fourth-order valence-corrected chi connectivity index (χ4v) is 2.62. The molecule has 0 radical (unpaired) electrons. The lowest BCUT2D eigenvalue weighted by molar-refractivity contribution is -0.139. The van der Waals surface area contributed by atoms with E-state index >= 15 is 0 Å². The highest BCUT2D eigenvalue weighted by Gasteiger charge is 2.36. The molecular weight excluding hydrogens is 274 g/mol. The zero-order valence-corrected chi connectivity index (χ0v) is 13.1. The van der Waals surface area contributed by atoms with Crippen LogP contribution in [0.15, 0.2) is 24.5 Å². The molecule has 1 unspecified atom stereocenters. The first-order chi connectivity index (χ1) is 9.15. The normalized spacial score (nSPS) is 21.9. The maximum absolute atomic E-state index is 12.7. The van der Waals surface area contributed by atoms with Gasteiger partial charge in [-0.1, -0.05) is 0 Å². The Morgan fingerprint density at radius 2 is 2.10 bits per heavy atom. The van der Waals surface area contributed by atoms with Crippen LogP contribution in [0, 0.1) is 0 Å². The van der Waals surface area contributed by atoms with Crippen molar-refractivity contribution in [1.82, 2.24) is 15.2 Å². The van der Waals surface area contributed by atoms with Gasteiger partial charge in [0.05, 0.1) is 5.54 Å². The number of nitrogens with one attached hydrogen (secondary N) is 1. The Bertz CT molecular complexity index is 418. The minimum Gasteiger partial charge on any atom is -0.337 e. The predicted octanol–water partition coefficient (Wildman–Crippen LogP) is 2.38. The van der Waals surface area contributed by atoms with Crippen LogP contribution in [0.4, 0.5) is 0 Å². The van der Waals surface area contributed by atoms with Gasteiger partial charge in [-0.3, -0.25) is 9.78 Å². The Hall–Kier alpha value is -1.13. The van der Waals surface area contributed by atoms with E-state index in [0.29, 0.717) is 6.54 Å². The van der Waals surface area contributed by atoms with E-state index in [0.717, 1.165) is 31.5 Å². The van der Waals surface area contributed by atoms with Gasteiger partial charge in [0.1, 0.15) is 0 Å². The quantitative estimate of drug-likeness (QED) is 0.928. The standard InChI is InChI=1S/C15H23N3O.ClH/c1-3-18(12-13-6-10-16-11-7-13)14(19)15(2)8-4-5-9-17-15;/h6-7,10-11,17H,3-5,8-9,12H2,1-2H3;1H. The Morgan fingerprint density at radius 1 is 1.40 bits per heavy atom. The van der Waals surface area contributed by atoms with Crippen LogP contribution in [0.3, 0.4) is 0 Å². The molecule has 0 aromatic carbocycles. The van der Waals surface area contributed by atoms with Gasteiger partial charge < -0.3 is 10.2 Å². The van der Waals surface area contributed by atoms with Crippen molar-refractivity contribution in [2.45, 2.75) is 45.2 Å². The SMILES string of the molecule is CCN(Cc1ccncc1)C(=O)C1(C)CCCCN1.Cl. The first-order valence-corrected chi connectivity index (χ1v) is 7.09. The van der Waals surface area contributed by atoms with Crippen LogP contribution in [0.25, 0.3) is 0 Å². The summed E-state index contributed by atoms with van der Waals surface area (Å²) < 4.78 is 0. The number of pyridine rings is 1. The molecule has 1 aromatic rings. The largest absolute Gasteiger partial charge is 0.337 e. The van der Waals surface area contributed by atoms with E-state index in [1.54, 1.807) is 12.4 Å². The third kappa shape index (κ3) is 3.93. The molecule has 4 nitrogen and oxygen atoms in total. The highest BCUT2D eigenvalue weighted by Crippen LogP contribution is 2.22. The molecule has 0 bridgehead atoms. The molecule has 1 atom stereocenters. The van der Waals surface area contributed by atoms with Crippen molar-refractivity contribution < 1.29 is 4.79 Å². The summed E-state index contributed by atoms with van der Waals surface area (Å²) in [4.78, 5) is 18.6. The summed E-state index contributed by atoms with van der Waals surface area (Å²) in [5, 5.41) is 3.39. The molecule has 1 N–H and O–H groups in total. The van der Waals surface area contributed by atoms with E-state index in [4.69, 9.17) is 0 Å². The van der Waals surface area contributed by atoms with Crippen LogP contribution in [0.5, 0.6) is 0 Å². The van der Waals surface area contributed by atoms with Crippen LogP contribution < -0.4 is 5.32 Å². The van der Waals surface area contributed by atoms with E-state index in [1.807, 2.05) is 30.9 Å². The average Bonchev–Trinajstić information content (AvgIpc) is 2.46. The fourth-order valence-electron chi connectivity index (χ4n) is 2.62. The number of carbonyl (C=O) groups excluding carboxylic acids is 1. The lowest BCUT2D eigenvalue weighted by Gasteiger charge is -2.37. The number of hydrogen-bond donors (Lipinski definition) is 1. The monoisotopic (exact) mass is 297 g/mol. The Labute approximate surface area is 127 Å². The topological polar surface area (TPSA) is 45.2 Å². The maximum atomic E-state index is 12.7. The first-order valence-electron chi connectivity index (χ1n) is 7.09. The molecule has 0 spiro atoms. The van der Waals surface area contributed by atoms with Crippen LogP contribution in [-0.4, -0.2) is 34.4 Å². The second-order valence-corrected chi connectivity index (χ2v) is 5.39. The Morgan fingerprint density at radius 3 is 2.65 bits per heavy atom. The number of halogens is 1. The molecule has 0 aliphatic carbocycles. The molecule has 5 heteroatoms. The molecular formula is C15H24ClN3O. The molecule has 112 valence electrons. The second kappa shape index (κ2) is 7.60. The van der Waals surface area contributed by atoms with E-state index in [1.165, 1.54) is 6.42 Å². The molecule has 0 saturated carbocycles. The van der Waals surface area contributed by atoms with Crippen LogP contribution in [0.2, 0.25) is 0 Å². The minimum absolute atomic E-state index is 0. The summed E-state index contributed by atoms with van der Waals surface area (Å²) in [6.07, 6.45) is 6.77. The third-order valence-corrected chi connectivity index (χ3v) is 3.88. The summed E-state index contributed by atoms with van der Waals surface area (Å²) in [5.74, 6) is 0.214. The lowest BCUT2D eigenvalue weighted by atomic mass is 9.89. The zero-order valence-electron chi connectivity index (χ0n) is 12.3. The number of aromatic nitrogens is 1. The lowest BCUT2D eigenvalue weighted by Crippen LogP contribution is -2.57. The first kappa shape index (κ1) is 16.9. The van der Waals surface area contributed by atoms with Gasteiger partial charge in [0.15, 0.2) is 0 Å². The Balaban J connectivity index is 0.00000200. The molecule has 20 heavy (non-hydrogen) atoms. The molecule has 2 heterocycles. The summed E-state index contributed by atoms with van der Waals surface area (Å²) in [5.41, 5.74) is 0.742. The highest BCUT2D eigenvalue weighted by atomic mass is 35.5. The molecule has 1 amide bonds. The fraction of sp³-hybridized carbons (Fsp3) is 0.600. The van der Waals surface area contributed by atoms with E-state index < -0.39 is 0 Å². The number of amides is 1. The highest BCUT2D eigenvalue weighted by molar-refractivity contribution is 5.86. The van der Waals surface area contributed by atoms with Crippen molar-refractivity contribution >= 4 is 18.3 Å². The van der Waals surface area contributed by atoms with Crippen molar-refractivity contribution in [1.29, 1.82) is 0 Å². The third-order valence-electron chi connectivity index (χ3n) is 3.88. The smallest absolute Gasteiger partial charge is 0.242 e. The number of carbonyl (C=O) groups is 1. The Kier molecular flexibility index (Phi) is 6.43. The number of nitrogens with zero attached hydrogens (tertiary/aromatic N) is 2.